The monoisotopic (exact) mass is 174 g/mol. The van der Waals surface area contributed by atoms with E-state index in [4.69, 9.17) is 18.9 Å². The SMILES string of the molecule is COC1CC2OC(C)(OC)OC12. The molecule has 4 unspecified atom stereocenters. The lowest BCUT2D eigenvalue weighted by atomic mass is 9.88. The third-order valence-corrected chi connectivity index (χ3v) is 2.59. The first-order valence-corrected chi connectivity index (χ1v) is 4.12. The van der Waals surface area contributed by atoms with Crippen molar-refractivity contribution in [3.63, 3.8) is 0 Å². The van der Waals surface area contributed by atoms with Crippen LogP contribution in [0.15, 0.2) is 0 Å². The lowest BCUT2D eigenvalue weighted by molar-refractivity contribution is -0.315. The van der Waals surface area contributed by atoms with Crippen LogP contribution in [0.1, 0.15) is 13.3 Å². The van der Waals surface area contributed by atoms with Gasteiger partial charge in [-0.15, -0.1) is 0 Å². The van der Waals surface area contributed by atoms with Crippen molar-refractivity contribution in [1.29, 1.82) is 0 Å². The third-order valence-electron chi connectivity index (χ3n) is 2.59. The minimum absolute atomic E-state index is 0.0555. The Bertz CT molecular complexity index is 184. The van der Waals surface area contributed by atoms with Gasteiger partial charge in [-0.2, -0.15) is 0 Å². The van der Waals surface area contributed by atoms with E-state index in [1.54, 1.807) is 21.1 Å². The Hall–Kier alpha value is -0.160. The zero-order chi connectivity index (χ0) is 8.77. The second-order valence-electron chi connectivity index (χ2n) is 3.32. The molecule has 0 aromatic rings. The summed E-state index contributed by atoms with van der Waals surface area (Å²) in [5.74, 6) is -0.859. The van der Waals surface area contributed by atoms with E-state index in [1.807, 2.05) is 0 Å². The average molecular weight is 174 g/mol. The minimum atomic E-state index is -0.859. The second-order valence-corrected chi connectivity index (χ2v) is 3.32. The fraction of sp³-hybridized carbons (Fsp3) is 1.00. The molecule has 0 aromatic carbocycles. The highest BCUT2D eigenvalue weighted by Gasteiger charge is 2.55. The van der Waals surface area contributed by atoms with E-state index in [1.165, 1.54) is 0 Å². The van der Waals surface area contributed by atoms with Crippen molar-refractivity contribution in [2.45, 2.75) is 37.6 Å². The van der Waals surface area contributed by atoms with Crippen molar-refractivity contribution >= 4 is 0 Å². The number of ether oxygens (including phenoxy) is 4. The maximum Gasteiger partial charge on any atom is 0.280 e. The highest BCUT2D eigenvalue weighted by molar-refractivity contribution is 4.97. The summed E-state index contributed by atoms with van der Waals surface area (Å²) >= 11 is 0. The summed E-state index contributed by atoms with van der Waals surface area (Å²) in [5.41, 5.74) is 0. The Kier molecular flexibility index (Phi) is 1.88. The summed E-state index contributed by atoms with van der Waals surface area (Å²) in [6, 6.07) is 0. The molecule has 2 aliphatic rings. The van der Waals surface area contributed by atoms with E-state index in [-0.39, 0.29) is 18.3 Å². The number of methoxy groups -OCH3 is 2. The standard InChI is InChI=1S/C8H14O4/c1-8(10-3)11-6-4-5(9-2)7(6)12-8/h5-7H,4H2,1-3H3. The van der Waals surface area contributed by atoms with Crippen LogP contribution in [-0.2, 0) is 18.9 Å². The molecule has 1 aliphatic heterocycles. The normalized spacial score (nSPS) is 51.8. The highest BCUT2D eigenvalue weighted by Crippen LogP contribution is 2.41. The first-order chi connectivity index (χ1) is 5.68. The maximum absolute atomic E-state index is 5.53. The summed E-state index contributed by atoms with van der Waals surface area (Å²) in [5, 5.41) is 0. The molecule has 4 nitrogen and oxygen atoms in total. The van der Waals surface area contributed by atoms with Gasteiger partial charge in [-0.25, -0.2) is 0 Å². The van der Waals surface area contributed by atoms with E-state index >= 15 is 0 Å². The molecule has 1 heterocycles. The lowest BCUT2D eigenvalue weighted by Gasteiger charge is -2.35. The summed E-state index contributed by atoms with van der Waals surface area (Å²) in [6.07, 6.45) is 1.28. The van der Waals surface area contributed by atoms with Crippen LogP contribution in [0.4, 0.5) is 0 Å². The number of hydrogen-bond donors (Lipinski definition) is 0. The van der Waals surface area contributed by atoms with Crippen molar-refractivity contribution in [2.75, 3.05) is 14.2 Å². The van der Waals surface area contributed by atoms with Crippen LogP contribution in [0.25, 0.3) is 0 Å². The highest BCUT2D eigenvalue weighted by atomic mass is 16.9. The summed E-state index contributed by atoms with van der Waals surface area (Å²) in [4.78, 5) is 0. The smallest absolute Gasteiger partial charge is 0.280 e. The first-order valence-electron chi connectivity index (χ1n) is 4.12. The van der Waals surface area contributed by atoms with Crippen LogP contribution in [0.2, 0.25) is 0 Å². The molecule has 4 heteroatoms. The van der Waals surface area contributed by atoms with E-state index < -0.39 is 5.97 Å². The molecular weight excluding hydrogens is 160 g/mol. The topological polar surface area (TPSA) is 36.9 Å². The van der Waals surface area contributed by atoms with Crippen molar-refractivity contribution in [3.05, 3.63) is 0 Å². The van der Waals surface area contributed by atoms with Gasteiger partial charge in [-0.1, -0.05) is 0 Å². The number of hydrogen-bond acceptors (Lipinski definition) is 4. The Labute approximate surface area is 71.7 Å². The van der Waals surface area contributed by atoms with Gasteiger partial charge in [0.05, 0.1) is 12.2 Å². The first kappa shape index (κ1) is 8.44. The molecule has 0 amide bonds. The molecule has 2 fully saturated rings. The zero-order valence-electron chi connectivity index (χ0n) is 7.57. The van der Waals surface area contributed by atoms with Crippen LogP contribution >= 0.6 is 0 Å². The van der Waals surface area contributed by atoms with Gasteiger partial charge in [-0.3, -0.25) is 0 Å². The molecule has 4 atom stereocenters. The predicted octanol–water partition coefficient (Wildman–Crippen LogP) is 0.509. The van der Waals surface area contributed by atoms with Crippen LogP contribution in [0, 0.1) is 0 Å². The van der Waals surface area contributed by atoms with Crippen LogP contribution in [0.5, 0.6) is 0 Å². The molecule has 12 heavy (non-hydrogen) atoms. The number of fused-ring (bicyclic) bond motifs is 1. The van der Waals surface area contributed by atoms with Gasteiger partial charge in [0.15, 0.2) is 0 Å². The van der Waals surface area contributed by atoms with Gasteiger partial charge in [0.1, 0.15) is 6.10 Å². The molecule has 0 aromatic heterocycles. The molecule has 1 saturated heterocycles. The Morgan fingerprint density at radius 2 is 2.08 bits per heavy atom. The Morgan fingerprint density at radius 3 is 2.67 bits per heavy atom. The predicted molar refractivity (Wildman–Crippen MR) is 40.6 cm³/mol. The van der Waals surface area contributed by atoms with Gasteiger partial charge >= 0.3 is 0 Å². The van der Waals surface area contributed by atoms with Gasteiger partial charge in [0.2, 0.25) is 0 Å². The van der Waals surface area contributed by atoms with E-state index in [9.17, 15) is 0 Å². The lowest BCUT2D eigenvalue weighted by Crippen LogP contribution is -2.49. The molecule has 0 spiro atoms. The Balaban J connectivity index is 1.98. The van der Waals surface area contributed by atoms with E-state index in [0.29, 0.717) is 0 Å². The molecule has 0 radical (unpaired) electrons. The summed E-state index contributed by atoms with van der Waals surface area (Å²) in [6.45, 7) is 1.78. The second kappa shape index (κ2) is 2.67. The molecule has 1 aliphatic carbocycles. The van der Waals surface area contributed by atoms with Gasteiger partial charge in [-0.05, 0) is 0 Å². The summed E-state index contributed by atoms with van der Waals surface area (Å²) < 4.78 is 21.3. The molecule has 0 bridgehead atoms. The van der Waals surface area contributed by atoms with E-state index in [2.05, 4.69) is 0 Å². The van der Waals surface area contributed by atoms with Crippen molar-refractivity contribution < 1.29 is 18.9 Å². The van der Waals surface area contributed by atoms with Crippen molar-refractivity contribution in [2.24, 2.45) is 0 Å². The molecule has 1 saturated carbocycles. The molecule has 2 rings (SSSR count). The quantitative estimate of drug-likeness (QED) is 0.611. The van der Waals surface area contributed by atoms with Gasteiger partial charge < -0.3 is 18.9 Å². The largest absolute Gasteiger partial charge is 0.379 e. The maximum atomic E-state index is 5.53. The molecule has 70 valence electrons. The summed E-state index contributed by atoms with van der Waals surface area (Å²) in [7, 11) is 3.26. The molecular formula is C8H14O4. The third kappa shape index (κ3) is 1.07. The van der Waals surface area contributed by atoms with Crippen LogP contribution < -0.4 is 0 Å². The zero-order valence-corrected chi connectivity index (χ0v) is 7.57. The van der Waals surface area contributed by atoms with Gasteiger partial charge in [0, 0.05) is 27.6 Å². The van der Waals surface area contributed by atoms with Crippen molar-refractivity contribution in [1.82, 2.24) is 0 Å². The van der Waals surface area contributed by atoms with E-state index in [0.717, 1.165) is 6.42 Å². The Morgan fingerprint density at radius 1 is 1.33 bits per heavy atom. The average Bonchev–Trinajstić information content (AvgIpc) is 2.31. The fourth-order valence-corrected chi connectivity index (χ4v) is 1.68. The fourth-order valence-electron chi connectivity index (χ4n) is 1.68. The minimum Gasteiger partial charge on any atom is -0.379 e. The number of rotatable bonds is 2. The van der Waals surface area contributed by atoms with Crippen molar-refractivity contribution in [3.8, 4) is 0 Å². The van der Waals surface area contributed by atoms with Crippen LogP contribution in [-0.4, -0.2) is 38.5 Å². The molecule has 0 N–H and O–H groups in total. The van der Waals surface area contributed by atoms with Gasteiger partial charge in [0.25, 0.3) is 5.97 Å². The van der Waals surface area contributed by atoms with Crippen LogP contribution in [0.3, 0.4) is 0 Å².